The second kappa shape index (κ2) is 9.74. The first-order valence-electron chi connectivity index (χ1n) is 9.47. The highest BCUT2D eigenvalue weighted by Crippen LogP contribution is 2.24. The molecule has 0 bridgehead atoms. The van der Waals surface area contributed by atoms with Crippen molar-refractivity contribution in [1.82, 2.24) is 19.7 Å². The standard InChI is InChI=1S/C21H22N4O4S3/c1-14-7-9-15(10-8-14)18-13-31-21(30)25(18)12-19(26)22-23-20(27)16-5-4-6-17(11-16)32(28,29)24(2)3/h4-11,13H,12H2,1-3H3,(H,22,26)(H,23,27). The summed E-state index contributed by atoms with van der Waals surface area (Å²) in [5.41, 5.74) is 7.63. The van der Waals surface area contributed by atoms with Gasteiger partial charge in [-0.1, -0.05) is 35.9 Å². The zero-order valence-corrected chi connectivity index (χ0v) is 20.1. The van der Waals surface area contributed by atoms with Crippen LogP contribution in [0, 0.1) is 10.9 Å². The number of hydrogen-bond acceptors (Lipinski definition) is 6. The molecule has 0 saturated heterocycles. The molecule has 1 heterocycles. The van der Waals surface area contributed by atoms with E-state index in [1.807, 2.05) is 36.6 Å². The van der Waals surface area contributed by atoms with Gasteiger partial charge in [0.25, 0.3) is 11.8 Å². The lowest BCUT2D eigenvalue weighted by atomic mass is 10.1. The summed E-state index contributed by atoms with van der Waals surface area (Å²) in [6.07, 6.45) is 0. The average Bonchev–Trinajstić information content (AvgIpc) is 3.12. The van der Waals surface area contributed by atoms with E-state index in [4.69, 9.17) is 12.2 Å². The van der Waals surface area contributed by atoms with E-state index in [0.717, 1.165) is 21.1 Å². The van der Waals surface area contributed by atoms with Crippen molar-refractivity contribution in [2.24, 2.45) is 0 Å². The Morgan fingerprint density at radius 3 is 2.44 bits per heavy atom. The van der Waals surface area contributed by atoms with Gasteiger partial charge >= 0.3 is 0 Å². The number of benzene rings is 2. The normalized spacial score (nSPS) is 11.4. The van der Waals surface area contributed by atoms with Crippen molar-refractivity contribution < 1.29 is 18.0 Å². The number of aryl methyl sites for hydroxylation is 1. The van der Waals surface area contributed by atoms with Crippen LogP contribution in [-0.2, 0) is 21.4 Å². The molecule has 2 aromatic carbocycles. The van der Waals surface area contributed by atoms with Gasteiger partial charge in [0, 0.05) is 25.0 Å². The van der Waals surface area contributed by atoms with Crippen molar-refractivity contribution in [3.8, 4) is 11.3 Å². The zero-order chi connectivity index (χ0) is 23.5. The van der Waals surface area contributed by atoms with E-state index in [0.29, 0.717) is 3.95 Å². The highest BCUT2D eigenvalue weighted by atomic mass is 32.2. The predicted octanol–water partition coefficient (Wildman–Crippen LogP) is 2.97. The van der Waals surface area contributed by atoms with E-state index in [-0.39, 0.29) is 17.0 Å². The van der Waals surface area contributed by atoms with Gasteiger partial charge in [-0.15, -0.1) is 11.3 Å². The second-order valence-electron chi connectivity index (χ2n) is 7.16. The third kappa shape index (κ3) is 5.30. The summed E-state index contributed by atoms with van der Waals surface area (Å²) in [5.74, 6) is -1.11. The van der Waals surface area contributed by atoms with E-state index in [9.17, 15) is 18.0 Å². The molecule has 0 spiro atoms. The maximum Gasteiger partial charge on any atom is 0.269 e. The van der Waals surface area contributed by atoms with Crippen LogP contribution in [-0.4, -0.2) is 43.2 Å². The van der Waals surface area contributed by atoms with Gasteiger partial charge in [0.05, 0.1) is 10.6 Å². The van der Waals surface area contributed by atoms with E-state index in [1.165, 1.54) is 49.7 Å². The number of carbonyl (C=O) groups excluding carboxylic acids is 2. The SMILES string of the molecule is Cc1ccc(-c2csc(=S)n2CC(=O)NNC(=O)c2cccc(S(=O)(=O)N(C)C)c2)cc1. The number of rotatable bonds is 6. The molecule has 0 fully saturated rings. The maximum absolute atomic E-state index is 12.5. The van der Waals surface area contributed by atoms with Crippen LogP contribution in [0.1, 0.15) is 15.9 Å². The highest BCUT2D eigenvalue weighted by Gasteiger charge is 2.19. The first kappa shape index (κ1) is 23.8. The summed E-state index contributed by atoms with van der Waals surface area (Å²) in [7, 11) is -0.874. The molecule has 0 unspecified atom stereocenters. The summed E-state index contributed by atoms with van der Waals surface area (Å²) in [6, 6.07) is 13.4. The number of nitrogens with zero attached hydrogens (tertiary/aromatic N) is 2. The average molecular weight is 491 g/mol. The summed E-state index contributed by atoms with van der Waals surface area (Å²) in [5, 5.41) is 1.88. The smallest absolute Gasteiger partial charge is 0.269 e. The Bertz CT molecular complexity index is 1310. The van der Waals surface area contributed by atoms with Gasteiger partial charge < -0.3 is 4.57 Å². The minimum Gasteiger partial charge on any atom is -0.313 e. The first-order chi connectivity index (χ1) is 15.1. The van der Waals surface area contributed by atoms with Crippen molar-refractivity contribution in [1.29, 1.82) is 0 Å². The quantitative estimate of drug-likeness (QED) is 0.409. The molecule has 32 heavy (non-hydrogen) atoms. The fourth-order valence-electron chi connectivity index (χ4n) is 2.82. The topological polar surface area (TPSA) is 101 Å². The third-order valence-electron chi connectivity index (χ3n) is 4.62. The number of amides is 2. The van der Waals surface area contributed by atoms with Crippen LogP contribution >= 0.6 is 23.6 Å². The molecule has 2 N–H and O–H groups in total. The Labute approximate surface area is 195 Å². The van der Waals surface area contributed by atoms with Gasteiger partial charge in [0.15, 0.2) is 3.95 Å². The van der Waals surface area contributed by atoms with Crippen molar-refractivity contribution in [3.05, 3.63) is 69.0 Å². The number of aromatic nitrogens is 1. The molecule has 0 radical (unpaired) electrons. The van der Waals surface area contributed by atoms with Crippen molar-refractivity contribution in [3.63, 3.8) is 0 Å². The summed E-state index contributed by atoms with van der Waals surface area (Å²) in [6.45, 7) is 1.91. The van der Waals surface area contributed by atoms with Crippen molar-refractivity contribution >= 4 is 45.4 Å². The fourth-order valence-corrected chi connectivity index (χ4v) is 4.84. The van der Waals surface area contributed by atoms with Crippen LogP contribution < -0.4 is 10.9 Å². The Morgan fingerprint density at radius 1 is 1.09 bits per heavy atom. The van der Waals surface area contributed by atoms with Gasteiger partial charge in [0.1, 0.15) is 6.54 Å². The van der Waals surface area contributed by atoms with Crippen LogP contribution in [0.3, 0.4) is 0 Å². The van der Waals surface area contributed by atoms with Gasteiger partial charge in [-0.25, -0.2) is 12.7 Å². The number of hydrazine groups is 1. The lowest BCUT2D eigenvalue weighted by molar-refractivity contribution is -0.122. The largest absolute Gasteiger partial charge is 0.313 e. The summed E-state index contributed by atoms with van der Waals surface area (Å²) in [4.78, 5) is 24.9. The van der Waals surface area contributed by atoms with Crippen LogP contribution in [0.25, 0.3) is 11.3 Å². The first-order valence-corrected chi connectivity index (χ1v) is 12.2. The molecule has 8 nitrogen and oxygen atoms in total. The molecule has 0 aliphatic heterocycles. The minimum absolute atomic E-state index is 0.0196. The molecule has 1 aromatic heterocycles. The molecule has 11 heteroatoms. The Kier molecular flexibility index (Phi) is 7.24. The number of nitrogens with one attached hydrogen (secondary N) is 2. The van der Waals surface area contributed by atoms with Gasteiger partial charge in [0.2, 0.25) is 10.0 Å². The highest BCUT2D eigenvalue weighted by molar-refractivity contribution is 7.89. The van der Waals surface area contributed by atoms with E-state index < -0.39 is 21.8 Å². The molecular formula is C21H22N4O4S3. The van der Waals surface area contributed by atoms with E-state index >= 15 is 0 Å². The van der Waals surface area contributed by atoms with Crippen LogP contribution in [0.2, 0.25) is 0 Å². The van der Waals surface area contributed by atoms with Crippen LogP contribution in [0.4, 0.5) is 0 Å². The van der Waals surface area contributed by atoms with Crippen LogP contribution in [0.5, 0.6) is 0 Å². The Morgan fingerprint density at radius 2 is 1.78 bits per heavy atom. The van der Waals surface area contributed by atoms with Crippen molar-refractivity contribution in [2.75, 3.05) is 14.1 Å². The Balaban J connectivity index is 1.69. The monoisotopic (exact) mass is 490 g/mol. The summed E-state index contributed by atoms with van der Waals surface area (Å²) < 4.78 is 27.8. The summed E-state index contributed by atoms with van der Waals surface area (Å²) >= 11 is 6.70. The molecule has 3 rings (SSSR count). The zero-order valence-electron chi connectivity index (χ0n) is 17.7. The molecule has 3 aromatic rings. The van der Waals surface area contributed by atoms with Gasteiger partial charge in [-0.2, -0.15) is 0 Å². The molecule has 0 atom stereocenters. The van der Waals surface area contributed by atoms with Gasteiger partial charge in [-0.05, 0) is 42.9 Å². The van der Waals surface area contributed by atoms with E-state index in [2.05, 4.69) is 10.9 Å². The van der Waals surface area contributed by atoms with Gasteiger partial charge in [-0.3, -0.25) is 20.4 Å². The predicted molar refractivity (Wildman–Crippen MR) is 126 cm³/mol. The third-order valence-corrected chi connectivity index (χ3v) is 7.71. The molecule has 0 aliphatic carbocycles. The second-order valence-corrected chi connectivity index (χ2v) is 10.8. The van der Waals surface area contributed by atoms with Crippen molar-refractivity contribution in [2.45, 2.75) is 18.4 Å². The number of hydrogen-bond donors (Lipinski definition) is 2. The molecule has 168 valence electrons. The maximum atomic E-state index is 12.5. The number of carbonyl (C=O) groups is 2. The molecular weight excluding hydrogens is 468 g/mol. The lowest BCUT2D eigenvalue weighted by Crippen LogP contribution is -2.43. The fraction of sp³-hybridized carbons (Fsp3) is 0.190. The minimum atomic E-state index is -3.68. The molecule has 0 aliphatic rings. The lowest BCUT2D eigenvalue weighted by Gasteiger charge is -2.13. The number of sulfonamides is 1. The number of thiazole rings is 1. The molecule has 0 saturated carbocycles. The van der Waals surface area contributed by atoms with Crippen LogP contribution in [0.15, 0.2) is 58.8 Å². The Hall–Kier alpha value is -2.86. The van der Waals surface area contributed by atoms with E-state index in [1.54, 1.807) is 4.57 Å². The molecule has 2 amide bonds.